The van der Waals surface area contributed by atoms with Crippen molar-refractivity contribution in [1.82, 2.24) is 15.2 Å². The Morgan fingerprint density at radius 1 is 1.11 bits per heavy atom. The van der Waals surface area contributed by atoms with Crippen LogP contribution in [-0.2, 0) is 25.7 Å². The number of aromatic nitrogens is 1. The lowest BCUT2D eigenvalue weighted by Gasteiger charge is -2.39. The van der Waals surface area contributed by atoms with E-state index in [9.17, 15) is 14.4 Å². The summed E-state index contributed by atoms with van der Waals surface area (Å²) < 4.78 is 11.4. The zero-order chi connectivity index (χ0) is 32.0. The number of carbonyl (C=O) groups excluding carboxylic acids is 3. The second-order valence-corrected chi connectivity index (χ2v) is 12.3. The van der Waals surface area contributed by atoms with E-state index in [0.29, 0.717) is 44.0 Å². The molecule has 0 radical (unpaired) electrons. The molecule has 1 aliphatic heterocycles. The van der Waals surface area contributed by atoms with E-state index in [0.717, 1.165) is 53.8 Å². The van der Waals surface area contributed by atoms with Gasteiger partial charge in [0, 0.05) is 23.0 Å². The van der Waals surface area contributed by atoms with Gasteiger partial charge in [-0.2, -0.15) is 0 Å². The lowest BCUT2D eigenvalue weighted by atomic mass is 9.64. The number of rotatable bonds is 15. The molecule has 238 valence electrons. The van der Waals surface area contributed by atoms with E-state index < -0.39 is 17.6 Å². The molecular formula is C35H43N5O5. The van der Waals surface area contributed by atoms with Gasteiger partial charge in [-0.15, -0.1) is 0 Å². The third-order valence-electron chi connectivity index (χ3n) is 8.64. The van der Waals surface area contributed by atoms with Gasteiger partial charge in [-0.3, -0.25) is 14.4 Å². The molecule has 0 bridgehead atoms. The number of epoxide rings is 1. The van der Waals surface area contributed by atoms with Crippen LogP contribution in [0.15, 0.2) is 60.8 Å². The minimum Gasteiger partial charge on any atom is -0.488 e. The van der Waals surface area contributed by atoms with Gasteiger partial charge in [-0.25, -0.2) is 4.98 Å². The van der Waals surface area contributed by atoms with Crippen LogP contribution < -0.4 is 21.1 Å². The van der Waals surface area contributed by atoms with Crippen LogP contribution in [0.5, 0.6) is 5.75 Å². The molecule has 10 heteroatoms. The molecule has 2 atom stereocenters. The van der Waals surface area contributed by atoms with Gasteiger partial charge in [-0.1, -0.05) is 36.8 Å². The Labute approximate surface area is 264 Å². The van der Waals surface area contributed by atoms with E-state index >= 15 is 0 Å². The van der Waals surface area contributed by atoms with E-state index in [4.69, 9.17) is 15.2 Å². The summed E-state index contributed by atoms with van der Waals surface area (Å²) in [6, 6.07) is 16.5. The number of pyridine rings is 1. The minimum atomic E-state index is -1.08. The summed E-state index contributed by atoms with van der Waals surface area (Å²) in [4.78, 5) is 46.1. The summed E-state index contributed by atoms with van der Waals surface area (Å²) in [5, 5.41) is 5.89. The van der Waals surface area contributed by atoms with Crippen LogP contribution in [0.2, 0.25) is 0 Å². The fourth-order valence-electron chi connectivity index (χ4n) is 5.60. The number of amides is 2. The molecule has 3 aromatic rings. The number of nitrogens with two attached hydrogens (primary N) is 1. The molecule has 1 aromatic heterocycles. The van der Waals surface area contributed by atoms with Gasteiger partial charge in [0.15, 0.2) is 5.78 Å². The van der Waals surface area contributed by atoms with E-state index in [2.05, 4.69) is 20.5 Å². The molecule has 4 N–H and O–H groups in total. The average molecular weight is 614 g/mol. The number of hydrogen-bond acceptors (Lipinski definition) is 8. The number of nitrogen functional groups attached to an aromatic ring is 1. The number of Topliss-reactive ketones (excluding diaryl/α,β-unsaturated/α-hetero) is 1. The molecule has 1 aliphatic carbocycles. The van der Waals surface area contributed by atoms with Crippen LogP contribution in [0, 0.1) is 12.3 Å². The number of para-hydroxylation sites is 1. The van der Waals surface area contributed by atoms with Crippen molar-refractivity contribution in [1.29, 1.82) is 0 Å². The van der Waals surface area contributed by atoms with E-state index in [-0.39, 0.29) is 17.6 Å². The zero-order valence-corrected chi connectivity index (χ0v) is 26.3. The second kappa shape index (κ2) is 14.2. The summed E-state index contributed by atoms with van der Waals surface area (Å²) in [7, 11) is 4.01. The van der Waals surface area contributed by atoms with Crippen LogP contribution in [0.4, 0.5) is 11.5 Å². The van der Waals surface area contributed by atoms with Crippen LogP contribution in [-0.4, -0.2) is 66.9 Å². The topological polar surface area (TPSA) is 139 Å². The molecule has 45 heavy (non-hydrogen) atoms. The summed E-state index contributed by atoms with van der Waals surface area (Å²) in [5.41, 5.74) is 9.11. The first-order chi connectivity index (χ1) is 21.7. The molecule has 10 nitrogen and oxygen atoms in total. The molecule has 2 aromatic carbocycles. The number of nitrogens with one attached hydrogen (secondary N) is 2. The second-order valence-electron chi connectivity index (χ2n) is 12.3. The fourth-order valence-corrected chi connectivity index (χ4v) is 5.60. The molecule has 0 spiro atoms. The molecule has 5 rings (SSSR count). The molecule has 2 heterocycles. The lowest BCUT2D eigenvalue weighted by Crippen LogP contribution is -2.56. The van der Waals surface area contributed by atoms with E-state index in [1.165, 1.54) is 0 Å². The Morgan fingerprint density at radius 3 is 2.49 bits per heavy atom. The average Bonchev–Trinajstić information content (AvgIpc) is 3.85. The lowest BCUT2D eigenvalue weighted by molar-refractivity contribution is -0.150. The number of aryl methyl sites for hydroxylation is 1. The van der Waals surface area contributed by atoms with Crippen molar-refractivity contribution in [3.63, 3.8) is 0 Å². The van der Waals surface area contributed by atoms with Crippen molar-refractivity contribution in [3.8, 4) is 16.9 Å². The predicted molar refractivity (Wildman–Crippen MR) is 174 cm³/mol. The van der Waals surface area contributed by atoms with E-state index in [1.54, 1.807) is 6.20 Å². The smallest absolute Gasteiger partial charge is 0.246 e. The number of unbranched alkanes of at least 4 members (excludes halogenated alkanes) is 1. The highest BCUT2D eigenvalue weighted by atomic mass is 16.6. The molecular weight excluding hydrogens is 570 g/mol. The van der Waals surface area contributed by atoms with Gasteiger partial charge in [0.25, 0.3) is 0 Å². The normalized spacial score (nSPS) is 17.2. The van der Waals surface area contributed by atoms with Crippen LogP contribution in [0.1, 0.15) is 49.7 Å². The van der Waals surface area contributed by atoms with Crippen LogP contribution in [0.3, 0.4) is 0 Å². The first-order valence-corrected chi connectivity index (χ1v) is 15.6. The molecule has 2 fully saturated rings. The van der Waals surface area contributed by atoms with Crippen molar-refractivity contribution >= 4 is 29.1 Å². The summed E-state index contributed by atoms with van der Waals surface area (Å²) >= 11 is 0. The molecule has 1 saturated carbocycles. The maximum absolute atomic E-state index is 13.5. The number of nitrogens with zero attached hydrogens (tertiary/aromatic N) is 2. The Morgan fingerprint density at radius 2 is 1.84 bits per heavy atom. The van der Waals surface area contributed by atoms with Crippen LogP contribution in [0.25, 0.3) is 11.1 Å². The van der Waals surface area contributed by atoms with Crippen molar-refractivity contribution in [2.24, 2.45) is 5.41 Å². The van der Waals surface area contributed by atoms with Gasteiger partial charge in [0.2, 0.25) is 11.8 Å². The first-order valence-electron chi connectivity index (χ1n) is 15.6. The zero-order valence-electron chi connectivity index (χ0n) is 26.3. The van der Waals surface area contributed by atoms with Crippen molar-refractivity contribution in [3.05, 3.63) is 71.9 Å². The van der Waals surface area contributed by atoms with Gasteiger partial charge in [-0.05, 0) is 95.1 Å². The van der Waals surface area contributed by atoms with Gasteiger partial charge >= 0.3 is 0 Å². The summed E-state index contributed by atoms with van der Waals surface area (Å²) in [6.45, 7) is 3.51. The number of carbonyl (C=O) groups is 3. The highest BCUT2D eigenvalue weighted by Gasteiger charge is 2.56. The van der Waals surface area contributed by atoms with Crippen LogP contribution >= 0.6 is 0 Å². The van der Waals surface area contributed by atoms with Gasteiger partial charge < -0.3 is 30.7 Å². The highest BCUT2D eigenvalue weighted by molar-refractivity contribution is 6.10. The Balaban J connectivity index is 1.21. The molecule has 2 aliphatic rings. The van der Waals surface area contributed by atoms with Crippen molar-refractivity contribution in [2.75, 3.05) is 38.3 Å². The van der Waals surface area contributed by atoms with E-state index in [1.807, 2.05) is 75.6 Å². The quantitative estimate of drug-likeness (QED) is 0.129. The van der Waals surface area contributed by atoms with Gasteiger partial charge in [0.05, 0.1) is 6.61 Å². The fraction of sp³-hybridized carbons (Fsp3) is 0.429. The number of ketones is 1. The monoisotopic (exact) mass is 613 g/mol. The van der Waals surface area contributed by atoms with Crippen molar-refractivity contribution in [2.45, 2.75) is 64.2 Å². The first kappa shape index (κ1) is 32.1. The number of benzene rings is 2. The largest absolute Gasteiger partial charge is 0.488 e. The third-order valence-corrected chi connectivity index (χ3v) is 8.64. The molecule has 2 unspecified atom stereocenters. The summed E-state index contributed by atoms with van der Waals surface area (Å²) in [6.07, 6.45) is 5.18. The highest BCUT2D eigenvalue weighted by Crippen LogP contribution is 2.45. The number of anilines is 2. The standard InChI is InChI=1S/C35H43N5O5/c1-23-19-25(20-37-32(23)36)27-9-4-5-11-29(27)44-21-24-12-14-26(15-13-24)38-33(42)28(10-6-7-18-40(2)3)39-34(43)35(16-8-17-35)31(41)30-22-45-30/h4-5,9,11-15,19-20,28,30H,6-8,10,16-18,21-22H2,1-3H3,(H2,36,37)(H,38,42)(H,39,43). The molecule has 1 saturated heterocycles. The SMILES string of the molecule is Cc1cc(-c2ccccc2OCc2ccc(NC(=O)C(CCCCN(C)C)NC(=O)C3(C(=O)C4CO4)CCC3)cc2)cnc1N. The van der Waals surface area contributed by atoms with Gasteiger partial charge in [0.1, 0.15) is 35.7 Å². The Bertz CT molecular complexity index is 1520. The Hall–Kier alpha value is -4.28. The summed E-state index contributed by atoms with van der Waals surface area (Å²) in [5.74, 6) is 0.412. The number of hydrogen-bond donors (Lipinski definition) is 3. The number of ether oxygens (including phenoxy) is 2. The molecule has 2 amide bonds. The predicted octanol–water partition coefficient (Wildman–Crippen LogP) is 4.51. The maximum Gasteiger partial charge on any atom is 0.246 e. The minimum absolute atomic E-state index is 0.154. The Kier molecular flexibility index (Phi) is 10.1. The maximum atomic E-state index is 13.5. The van der Waals surface area contributed by atoms with Crippen molar-refractivity contribution < 1.29 is 23.9 Å². The third kappa shape index (κ3) is 7.87.